The number of hydrogen-bond donors (Lipinski definition) is 3. The zero-order valence-electron chi connectivity index (χ0n) is 15.3. The van der Waals surface area contributed by atoms with E-state index in [1.54, 1.807) is 20.8 Å². The summed E-state index contributed by atoms with van der Waals surface area (Å²) in [5, 5.41) is 2.29. The number of fused-ring (bicyclic) bond motifs is 1. The summed E-state index contributed by atoms with van der Waals surface area (Å²) in [6.45, 7) is 4.95. The van der Waals surface area contributed by atoms with Gasteiger partial charge in [0.25, 0.3) is 5.56 Å². The highest BCUT2D eigenvalue weighted by molar-refractivity contribution is 5.78. The van der Waals surface area contributed by atoms with Crippen LogP contribution in [0, 0.1) is 0 Å². The molecule has 148 valence electrons. The standard InChI is InChI=1S/C15H22N6O6/c1-15(2,3)27-14(24)17-6-9(22)26-5-4-25-8-21-7-18-10-11(21)19-13(16)20-12(10)23/h7H,4-6,8H2,1-3H3,(H,17,24)(H3,16,19,20,23). The Kier molecular flexibility index (Phi) is 6.34. The van der Waals surface area contributed by atoms with Gasteiger partial charge in [0.2, 0.25) is 5.95 Å². The van der Waals surface area contributed by atoms with Gasteiger partial charge in [-0.2, -0.15) is 4.98 Å². The Morgan fingerprint density at radius 2 is 2.07 bits per heavy atom. The van der Waals surface area contributed by atoms with Crippen LogP contribution in [0.4, 0.5) is 10.7 Å². The van der Waals surface area contributed by atoms with Gasteiger partial charge >= 0.3 is 12.1 Å². The van der Waals surface area contributed by atoms with E-state index in [0.717, 1.165) is 0 Å². The third kappa shape index (κ3) is 6.26. The average molecular weight is 382 g/mol. The Morgan fingerprint density at radius 1 is 1.33 bits per heavy atom. The second-order valence-electron chi connectivity index (χ2n) is 6.45. The number of nitrogens with zero attached hydrogens (tertiary/aromatic N) is 3. The number of anilines is 1. The first-order chi connectivity index (χ1) is 12.7. The smallest absolute Gasteiger partial charge is 0.408 e. The van der Waals surface area contributed by atoms with Crippen LogP contribution in [-0.4, -0.2) is 56.9 Å². The van der Waals surface area contributed by atoms with Crippen molar-refractivity contribution in [3.8, 4) is 0 Å². The van der Waals surface area contributed by atoms with E-state index in [-0.39, 0.29) is 43.6 Å². The van der Waals surface area contributed by atoms with Crippen molar-refractivity contribution in [1.82, 2.24) is 24.8 Å². The predicted molar refractivity (Wildman–Crippen MR) is 93.7 cm³/mol. The third-order valence-corrected chi connectivity index (χ3v) is 2.99. The van der Waals surface area contributed by atoms with Crippen LogP contribution in [0.15, 0.2) is 11.1 Å². The second kappa shape index (κ2) is 8.49. The molecule has 1 amide bonds. The van der Waals surface area contributed by atoms with E-state index in [4.69, 9.17) is 19.9 Å². The molecule has 0 radical (unpaired) electrons. The normalized spacial score (nSPS) is 11.4. The van der Waals surface area contributed by atoms with Crippen LogP contribution in [-0.2, 0) is 25.7 Å². The molecule has 0 aliphatic heterocycles. The molecular weight excluding hydrogens is 360 g/mol. The molecule has 0 bridgehead atoms. The molecule has 2 aromatic heterocycles. The molecule has 0 aliphatic rings. The first-order valence-corrected chi connectivity index (χ1v) is 8.06. The van der Waals surface area contributed by atoms with Crippen molar-refractivity contribution < 1.29 is 23.8 Å². The third-order valence-electron chi connectivity index (χ3n) is 2.99. The lowest BCUT2D eigenvalue weighted by molar-refractivity contribution is -0.144. The van der Waals surface area contributed by atoms with E-state index < -0.39 is 23.2 Å². The van der Waals surface area contributed by atoms with Gasteiger partial charge in [-0.1, -0.05) is 0 Å². The number of aromatic nitrogens is 4. The fourth-order valence-electron chi connectivity index (χ4n) is 1.95. The van der Waals surface area contributed by atoms with Crippen LogP contribution in [0.25, 0.3) is 11.2 Å². The van der Waals surface area contributed by atoms with E-state index >= 15 is 0 Å². The summed E-state index contributed by atoms with van der Waals surface area (Å²) in [6, 6.07) is 0. The molecule has 0 atom stereocenters. The van der Waals surface area contributed by atoms with Crippen molar-refractivity contribution in [2.24, 2.45) is 0 Å². The number of ether oxygens (including phenoxy) is 3. The van der Waals surface area contributed by atoms with E-state index in [9.17, 15) is 14.4 Å². The van der Waals surface area contributed by atoms with Gasteiger partial charge in [-0.15, -0.1) is 0 Å². The maximum absolute atomic E-state index is 11.7. The minimum absolute atomic E-state index is 0.0163. The number of hydrogen-bond acceptors (Lipinski definition) is 9. The molecule has 2 heterocycles. The zero-order valence-corrected chi connectivity index (χ0v) is 15.3. The number of carbonyl (C=O) groups is 2. The van der Waals surface area contributed by atoms with Gasteiger partial charge in [0.1, 0.15) is 25.5 Å². The molecule has 4 N–H and O–H groups in total. The minimum atomic E-state index is -0.704. The highest BCUT2D eigenvalue weighted by Crippen LogP contribution is 2.07. The fraction of sp³-hybridized carbons (Fsp3) is 0.533. The molecule has 12 nitrogen and oxygen atoms in total. The maximum Gasteiger partial charge on any atom is 0.408 e. The molecule has 27 heavy (non-hydrogen) atoms. The number of nitrogens with two attached hydrogens (primary N) is 1. The summed E-state index contributed by atoms with van der Waals surface area (Å²) in [5.41, 5.74) is 4.84. The molecule has 0 fully saturated rings. The van der Waals surface area contributed by atoms with Crippen molar-refractivity contribution in [1.29, 1.82) is 0 Å². The van der Waals surface area contributed by atoms with Crippen molar-refractivity contribution >= 4 is 29.2 Å². The van der Waals surface area contributed by atoms with Crippen molar-refractivity contribution in [3.05, 3.63) is 16.7 Å². The summed E-state index contributed by atoms with van der Waals surface area (Å²) < 4.78 is 16.8. The van der Waals surface area contributed by atoms with Crippen molar-refractivity contribution in [2.75, 3.05) is 25.5 Å². The fourth-order valence-corrected chi connectivity index (χ4v) is 1.95. The number of nitrogen functional groups attached to an aromatic ring is 1. The van der Waals surface area contributed by atoms with E-state index in [2.05, 4.69) is 20.3 Å². The number of nitrogens with one attached hydrogen (secondary N) is 2. The molecule has 2 aromatic rings. The van der Waals surface area contributed by atoms with Gasteiger partial charge in [0.15, 0.2) is 11.2 Å². The molecular formula is C15H22N6O6. The van der Waals surface area contributed by atoms with Gasteiger partial charge in [-0.3, -0.25) is 19.1 Å². The van der Waals surface area contributed by atoms with Gasteiger partial charge in [-0.05, 0) is 20.8 Å². The van der Waals surface area contributed by atoms with E-state index in [0.29, 0.717) is 0 Å². The number of amides is 1. The zero-order chi connectivity index (χ0) is 20.0. The van der Waals surface area contributed by atoms with Gasteiger partial charge < -0.3 is 25.3 Å². The predicted octanol–water partition coefficient (Wildman–Crippen LogP) is -0.256. The largest absolute Gasteiger partial charge is 0.462 e. The summed E-state index contributed by atoms with van der Waals surface area (Å²) in [5.74, 6) is -0.654. The number of imidazole rings is 1. The lowest BCUT2D eigenvalue weighted by Gasteiger charge is -2.19. The number of rotatable bonds is 7. The van der Waals surface area contributed by atoms with Gasteiger partial charge in [-0.25, -0.2) is 9.78 Å². The lowest BCUT2D eigenvalue weighted by Crippen LogP contribution is -2.36. The molecule has 0 saturated heterocycles. The van der Waals surface area contributed by atoms with Crippen LogP contribution in [0.1, 0.15) is 20.8 Å². The van der Waals surface area contributed by atoms with Crippen molar-refractivity contribution in [2.45, 2.75) is 33.1 Å². The average Bonchev–Trinajstić information content (AvgIpc) is 2.94. The molecule has 0 aromatic carbocycles. The number of esters is 1. The summed E-state index contributed by atoms with van der Waals surface area (Å²) in [7, 11) is 0. The Bertz CT molecular complexity index is 868. The number of H-pyrrole nitrogens is 1. The number of carbonyl (C=O) groups excluding carboxylic acids is 2. The van der Waals surface area contributed by atoms with Crippen LogP contribution < -0.4 is 16.6 Å². The molecule has 0 spiro atoms. The highest BCUT2D eigenvalue weighted by Gasteiger charge is 2.16. The summed E-state index contributed by atoms with van der Waals surface area (Å²) in [4.78, 5) is 44.9. The minimum Gasteiger partial charge on any atom is -0.462 e. The molecule has 0 saturated carbocycles. The second-order valence-corrected chi connectivity index (χ2v) is 6.45. The van der Waals surface area contributed by atoms with Crippen LogP contribution >= 0.6 is 0 Å². The Labute approximate surface area is 154 Å². The van der Waals surface area contributed by atoms with Gasteiger partial charge in [0, 0.05) is 0 Å². The van der Waals surface area contributed by atoms with E-state index in [1.165, 1.54) is 10.9 Å². The maximum atomic E-state index is 11.7. The number of aromatic amines is 1. The van der Waals surface area contributed by atoms with Crippen LogP contribution in [0.2, 0.25) is 0 Å². The van der Waals surface area contributed by atoms with Gasteiger partial charge in [0.05, 0.1) is 12.9 Å². The quantitative estimate of drug-likeness (QED) is 0.432. The first kappa shape index (κ1) is 20.2. The molecule has 0 aliphatic carbocycles. The molecule has 0 unspecified atom stereocenters. The first-order valence-electron chi connectivity index (χ1n) is 8.06. The van der Waals surface area contributed by atoms with Crippen LogP contribution in [0.5, 0.6) is 0 Å². The van der Waals surface area contributed by atoms with Crippen LogP contribution in [0.3, 0.4) is 0 Å². The molecule has 12 heteroatoms. The summed E-state index contributed by atoms with van der Waals surface area (Å²) >= 11 is 0. The highest BCUT2D eigenvalue weighted by atomic mass is 16.6. The topological polar surface area (TPSA) is 163 Å². The molecule has 2 rings (SSSR count). The Hall–Kier alpha value is -3.15. The Morgan fingerprint density at radius 3 is 2.78 bits per heavy atom. The Balaban J connectivity index is 1.68. The lowest BCUT2D eigenvalue weighted by atomic mass is 10.2. The van der Waals surface area contributed by atoms with Crippen molar-refractivity contribution in [3.63, 3.8) is 0 Å². The SMILES string of the molecule is CC(C)(C)OC(=O)NCC(=O)OCCOCn1cnc2c(=O)[nH]c(N)nc21. The summed E-state index contributed by atoms with van der Waals surface area (Å²) in [6.07, 6.45) is 0.688. The number of alkyl carbamates (subject to hydrolysis) is 1. The van der Waals surface area contributed by atoms with E-state index in [1.807, 2.05) is 0 Å². The monoisotopic (exact) mass is 382 g/mol.